The fourth-order valence-corrected chi connectivity index (χ4v) is 4.02. The van der Waals surface area contributed by atoms with E-state index in [0.717, 1.165) is 32.7 Å². The van der Waals surface area contributed by atoms with Gasteiger partial charge >= 0.3 is 0 Å². The van der Waals surface area contributed by atoms with Crippen molar-refractivity contribution >= 4 is 37.3 Å². The number of nitrogens with one attached hydrogen (secondary N) is 1. The smallest absolute Gasteiger partial charge is 0.273 e. The predicted molar refractivity (Wildman–Crippen MR) is 107 cm³/mol. The number of thiophene rings is 1. The van der Waals surface area contributed by atoms with Gasteiger partial charge in [-0.1, -0.05) is 5.92 Å². The van der Waals surface area contributed by atoms with Gasteiger partial charge in [0.2, 0.25) is 0 Å². The molecule has 0 saturated carbocycles. The fourth-order valence-electron chi connectivity index (χ4n) is 2.93. The molecule has 0 atom stereocenters. The van der Waals surface area contributed by atoms with Gasteiger partial charge in [-0.2, -0.15) is 0 Å². The van der Waals surface area contributed by atoms with Crippen molar-refractivity contribution < 1.29 is 4.74 Å². The second kappa shape index (κ2) is 6.54. The minimum Gasteiger partial charge on any atom is -0.497 e. The minimum atomic E-state index is -0.0708. The highest BCUT2D eigenvalue weighted by Gasteiger charge is 2.14. The van der Waals surface area contributed by atoms with E-state index in [1.54, 1.807) is 24.1 Å². The summed E-state index contributed by atoms with van der Waals surface area (Å²) in [5, 5.41) is 5.02. The lowest BCUT2D eigenvalue weighted by atomic mass is 10.2. The number of ether oxygens (including phenoxy) is 1. The molecule has 0 spiro atoms. The maximum Gasteiger partial charge on any atom is 0.273 e. The Balaban J connectivity index is 1.92. The van der Waals surface area contributed by atoms with Crippen LogP contribution in [0.5, 0.6) is 5.75 Å². The van der Waals surface area contributed by atoms with E-state index in [2.05, 4.69) is 16.2 Å². The van der Waals surface area contributed by atoms with Crippen molar-refractivity contribution in [3.05, 3.63) is 59.1 Å². The Morgan fingerprint density at radius 1 is 1.27 bits per heavy atom. The predicted octanol–water partition coefficient (Wildman–Crippen LogP) is 3.65. The molecule has 0 aliphatic heterocycles. The van der Waals surface area contributed by atoms with Crippen molar-refractivity contribution in [3.63, 3.8) is 0 Å². The quantitative estimate of drug-likeness (QED) is 0.564. The molecule has 0 aliphatic rings. The summed E-state index contributed by atoms with van der Waals surface area (Å²) in [4.78, 5) is 18.3. The lowest BCUT2D eigenvalue weighted by molar-refractivity contribution is 0.414. The van der Waals surface area contributed by atoms with Crippen LogP contribution in [-0.2, 0) is 0 Å². The van der Waals surface area contributed by atoms with Crippen LogP contribution >= 0.6 is 11.3 Å². The van der Waals surface area contributed by atoms with Crippen LogP contribution in [-0.4, -0.2) is 23.2 Å². The van der Waals surface area contributed by atoms with Crippen LogP contribution in [0.1, 0.15) is 0 Å². The third kappa shape index (κ3) is 2.59. The molecule has 4 aromatic rings. The lowest BCUT2D eigenvalue weighted by Gasteiger charge is -2.07. The maximum absolute atomic E-state index is 13.0. The summed E-state index contributed by atoms with van der Waals surface area (Å²) < 4.78 is 7.47. The zero-order chi connectivity index (χ0) is 18.1. The van der Waals surface area contributed by atoms with Crippen molar-refractivity contribution in [3.8, 4) is 23.8 Å². The third-order valence-corrected chi connectivity index (χ3v) is 5.27. The highest BCUT2D eigenvalue weighted by molar-refractivity contribution is 7.25. The zero-order valence-corrected chi connectivity index (χ0v) is 14.8. The SMILES string of the molecule is C#CCNc1ccnc2sc3c(=O)n(-c4ccc(OC)cc4)ccc3c12. The molecule has 0 bridgehead atoms. The molecule has 0 radical (unpaired) electrons. The average molecular weight is 361 g/mol. The molecule has 3 aromatic heterocycles. The average Bonchev–Trinajstić information content (AvgIpc) is 3.07. The molecule has 5 nitrogen and oxygen atoms in total. The van der Waals surface area contributed by atoms with Gasteiger partial charge in [-0.25, -0.2) is 4.98 Å². The van der Waals surface area contributed by atoms with Gasteiger partial charge in [0.05, 0.1) is 13.7 Å². The number of methoxy groups -OCH3 is 1. The number of hydrogen-bond donors (Lipinski definition) is 1. The summed E-state index contributed by atoms with van der Waals surface area (Å²) in [6.45, 7) is 0.416. The van der Waals surface area contributed by atoms with Gasteiger partial charge in [0.15, 0.2) is 0 Å². The number of anilines is 1. The molecule has 0 aliphatic carbocycles. The molecule has 0 saturated heterocycles. The van der Waals surface area contributed by atoms with Gasteiger partial charge in [-0.3, -0.25) is 9.36 Å². The Labute approximate surface area is 153 Å². The summed E-state index contributed by atoms with van der Waals surface area (Å²) in [6, 6.07) is 11.2. The molecule has 0 fully saturated rings. The Morgan fingerprint density at radius 3 is 2.81 bits per heavy atom. The van der Waals surface area contributed by atoms with E-state index < -0.39 is 0 Å². The normalized spacial score (nSPS) is 10.8. The monoisotopic (exact) mass is 361 g/mol. The lowest BCUT2D eigenvalue weighted by Crippen LogP contribution is -2.16. The number of hydrogen-bond acceptors (Lipinski definition) is 5. The Morgan fingerprint density at radius 2 is 2.08 bits per heavy atom. The zero-order valence-electron chi connectivity index (χ0n) is 14.0. The first-order valence-corrected chi connectivity index (χ1v) is 8.79. The van der Waals surface area contributed by atoms with E-state index in [4.69, 9.17) is 11.2 Å². The van der Waals surface area contributed by atoms with E-state index in [0.29, 0.717) is 11.2 Å². The van der Waals surface area contributed by atoms with E-state index in [9.17, 15) is 4.79 Å². The molecule has 3 heterocycles. The largest absolute Gasteiger partial charge is 0.497 e. The first kappa shape index (κ1) is 16.2. The molecular weight excluding hydrogens is 346 g/mol. The Hall–Kier alpha value is -3.30. The van der Waals surface area contributed by atoms with Crippen LogP contribution in [0, 0.1) is 12.3 Å². The maximum atomic E-state index is 13.0. The van der Waals surface area contributed by atoms with Crippen LogP contribution in [0.2, 0.25) is 0 Å². The highest BCUT2D eigenvalue weighted by Crippen LogP contribution is 2.35. The van der Waals surface area contributed by atoms with E-state index in [-0.39, 0.29) is 5.56 Å². The van der Waals surface area contributed by atoms with Gasteiger partial charge in [0.1, 0.15) is 15.3 Å². The molecule has 6 heteroatoms. The summed E-state index contributed by atoms with van der Waals surface area (Å²) in [7, 11) is 1.61. The molecule has 1 aromatic carbocycles. The number of pyridine rings is 2. The molecular formula is C20H15N3O2S. The van der Waals surface area contributed by atoms with Gasteiger partial charge in [-0.05, 0) is 36.4 Å². The van der Waals surface area contributed by atoms with Gasteiger partial charge < -0.3 is 10.1 Å². The number of benzene rings is 1. The second-order valence-corrected chi connectivity index (χ2v) is 6.63. The summed E-state index contributed by atoms with van der Waals surface area (Å²) in [5.74, 6) is 3.32. The van der Waals surface area contributed by atoms with Crippen LogP contribution in [0.4, 0.5) is 5.69 Å². The van der Waals surface area contributed by atoms with Crippen LogP contribution in [0.25, 0.3) is 26.0 Å². The first-order valence-electron chi connectivity index (χ1n) is 7.97. The molecule has 128 valence electrons. The van der Waals surface area contributed by atoms with Crippen LogP contribution in [0.15, 0.2) is 53.6 Å². The summed E-state index contributed by atoms with van der Waals surface area (Å²) in [6.07, 6.45) is 8.86. The molecule has 4 rings (SSSR count). The van der Waals surface area contributed by atoms with E-state index >= 15 is 0 Å². The molecule has 0 amide bonds. The number of fused-ring (bicyclic) bond motifs is 3. The molecule has 0 unspecified atom stereocenters. The van der Waals surface area contributed by atoms with Crippen LogP contribution < -0.4 is 15.6 Å². The van der Waals surface area contributed by atoms with Gasteiger partial charge in [-0.15, -0.1) is 17.8 Å². The Bertz CT molecular complexity index is 1200. The van der Waals surface area contributed by atoms with Crippen molar-refractivity contribution in [2.24, 2.45) is 0 Å². The van der Waals surface area contributed by atoms with Gasteiger partial charge in [0.25, 0.3) is 5.56 Å². The van der Waals surface area contributed by atoms with Crippen LogP contribution in [0.3, 0.4) is 0 Å². The standard InChI is InChI=1S/C20H15N3O2S/c1-3-10-21-16-8-11-22-19-17(16)15-9-12-23(20(24)18(15)26-19)13-4-6-14(25-2)7-5-13/h1,4-9,11-12H,10H2,2H3,(H,21,22). The summed E-state index contributed by atoms with van der Waals surface area (Å²) >= 11 is 1.39. The fraction of sp³-hybridized carbons (Fsp3) is 0.100. The third-order valence-electron chi connectivity index (χ3n) is 4.16. The van der Waals surface area contributed by atoms with Crippen molar-refractivity contribution in [1.29, 1.82) is 0 Å². The number of aromatic nitrogens is 2. The first-order chi connectivity index (χ1) is 12.7. The van der Waals surface area contributed by atoms with E-state index in [1.807, 2.05) is 36.4 Å². The number of rotatable bonds is 4. The molecule has 26 heavy (non-hydrogen) atoms. The molecule has 1 N–H and O–H groups in total. The van der Waals surface area contributed by atoms with Crippen molar-refractivity contribution in [2.45, 2.75) is 0 Å². The number of terminal acetylenes is 1. The Kier molecular flexibility index (Phi) is 4.07. The van der Waals surface area contributed by atoms with Crippen molar-refractivity contribution in [2.75, 3.05) is 19.0 Å². The number of nitrogens with zero attached hydrogens (tertiary/aromatic N) is 2. The van der Waals surface area contributed by atoms with Gasteiger partial charge in [0, 0.05) is 34.5 Å². The minimum absolute atomic E-state index is 0.0708. The summed E-state index contributed by atoms with van der Waals surface area (Å²) in [5.41, 5.74) is 1.60. The van der Waals surface area contributed by atoms with E-state index in [1.165, 1.54) is 11.3 Å². The highest BCUT2D eigenvalue weighted by atomic mass is 32.1. The second-order valence-electron chi connectivity index (χ2n) is 5.63. The topological polar surface area (TPSA) is 56.2 Å². The van der Waals surface area contributed by atoms with Crippen molar-refractivity contribution in [1.82, 2.24) is 9.55 Å².